The van der Waals surface area contributed by atoms with Crippen LogP contribution in [0.4, 0.5) is 0 Å². The number of furan rings is 4. The van der Waals surface area contributed by atoms with E-state index >= 15 is 0 Å². The first-order chi connectivity index (χ1) is 60.1. The topological polar surface area (TPSA) is 135 Å². The Morgan fingerprint density at radius 2 is 1.02 bits per heavy atom. The van der Waals surface area contributed by atoms with Gasteiger partial charge < -0.3 is 37.4 Å². The highest BCUT2D eigenvalue weighted by Crippen LogP contribution is 2.27. The lowest BCUT2D eigenvalue weighted by Gasteiger charge is -2.11. The summed E-state index contributed by atoms with van der Waals surface area (Å²) in [7, 11) is 0. The Bertz CT molecular complexity index is 4220. The number of aromatic amines is 3. The standard InChI is InChI=1S/C11H13N.C11H12O.C8H11N.C8H13N.C8H11N.C8H12O.2C8H12S.C7H11N.C7H10O.C7H14O.C7H10O.2C7H10S.2CH4/c2*1-8(2)11-7-9-5-3-4-6-10(9)12-11;1-7(2)8-4-3-5-9-6-8;1-7(2)6-8-4-3-5-9-8;1-7(2)8-5-3-4-6-9-8;1-7(2)6-8-4-3-5-9-8;1-7(2)5-8-3-4-9-6-8;1-7(2)6-8-4-3-5-9-8;1-6(2)7-4-3-5-8-7;1-6(2)7-3-4-8-5-7;2*1-6(2)7-4-3-5-8-7;1-6(2)7-3-4-8-5-7;1-6(2)7-4-3-5-8-7;;/h3-8,12H,1-2H3;3-8H,1-2H3;3-7H,1-2H3;3-5,7,9H,6H2,1-2H3;3-7H,1-2H3;3-5,7H,6H2,1-2H3;3-4,6-7H,5H2,1-2H3;3-5,7H,6H2,1-2H3;3-6,8H,1-2H3;3-6H,1-2H3;6-7H,3-5H2,1-2H3;3*3-6H,1-2H3;2*1H4. The van der Waals surface area contributed by atoms with Gasteiger partial charge in [0.25, 0.3) is 0 Å². The van der Waals surface area contributed by atoms with E-state index in [9.17, 15) is 0 Å². The predicted molar refractivity (Wildman–Crippen MR) is 566 cm³/mol. The number of nitrogens with zero attached hydrogens (tertiary/aromatic N) is 2. The van der Waals surface area contributed by atoms with Crippen molar-refractivity contribution in [1.82, 2.24) is 24.9 Å². The highest BCUT2D eigenvalue weighted by molar-refractivity contribution is 7.10. The van der Waals surface area contributed by atoms with E-state index in [-0.39, 0.29) is 14.9 Å². The summed E-state index contributed by atoms with van der Waals surface area (Å²) in [6.07, 6.45) is 24.1. The first kappa shape index (κ1) is 117. The molecule has 3 N–H and O–H groups in total. The summed E-state index contributed by atoms with van der Waals surface area (Å²) in [6.45, 7) is 62.2. The molecule has 1 unspecified atom stereocenters. The van der Waals surface area contributed by atoms with Crippen LogP contribution in [-0.2, 0) is 30.4 Å². The molecule has 128 heavy (non-hydrogen) atoms. The molecular weight excluding hydrogens is 1650 g/mol. The predicted octanol–water partition coefficient (Wildman–Crippen LogP) is 37.6. The van der Waals surface area contributed by atoms with Crippen molar-refractivity contribution >= 4 is 67.2 Å². The second kappa shape index (κ2) is 69.0. The highest BCUT2D eigenvalue weighted by atomic mass is 32.1. The van der Waals surface area contributed by atoms with Crippen LogP contribution in [-0.4, -0.2) is 37.6 Å². The van der Waals surface area contributed by atoms with Crippen molar-refractivity contribution in [2.75, 3.05) is 6.61 Å². The monoisotopic (exact) mass is 1820 g/mol. The summed E-state index contributed by atoms with van der Waals surface area (Å²) < 4.78 is 26.2. The number of nitrogens with one attached hydrogen (secondary N) is 3. The van der Waals surface area contributed by atoms with Crippen LogP contribution in [0.2, 0.25) is 0 Å². The number of para-hydroxylation sites is 2. The Kier molecular flexibility index (Phi) is 63.1. The maximum absolute atomic E-state index is 5.63. The molecule has 1 aliphatic heterocycles. The minimum Gasteiger partial charge on any atom is -0.472 e. The van der Waals surface area contributed by atoms with Gasteiger partial charge in [-0.25, -0.2) is 0 Å². The Morgan fingerprint density at radius 3 is 1.41 bits per heavy atom. The molecule has 1 aliphatic rings. The zero-order valence-corrected chi connectivity index (χ0v) is 85.4. The lowest BCUT2D eigenvalue weighted by atomic mass is 10.1. The zero-order chi connectivity index (χ0) is 93.1. The number of H-pyrrole nitrogens is 3. The average molecular weight is 1820 g/mol. The molecule has 14 heteroatoms. The van der Waals surface area contributed by atoms with Crippen LogP contribution in [0.25, 0.3) is 21.9 Å². The number of rotatable bonds is 18. The number of hydrogen-bond donors (Lipinski definition) is 3. The minimum absolute atomic E-state index is 0. The van der Waals surface area contributed by atoms with Crippen molar-refractivity contribution in [2.45, 2.75) is 307 Å². The van der Waals surface area contributed by atoms with Crippen molar-refractivity contribution in [2.24, 2.45) is 29.6 Å². The number of ether oxygens (including phenoxy) is 1. The Balaban J connectivity index is 0.000000690. The number of aromatic nitrogens is 5. The fourth-order valence-electron chi connectivity index (χ4n) is 11.9. The molecule has 15 aromatic rings. The summed E-state index contributed by atoms with van der Waals surface area (Å²) in [5, 5.41) is 15.4. The molecule has 1 saturated heterocycles. The molecule has 704 valence electrons. The smallest absolute Gasteiger partial charge is 0.134 e. The van der Waals surface area contributed by atoms with Crippen molar-refractivity contribution < 1.29 is 22.4 Å². The molecule has 1 atom stereocenters. The van der Waals surface area contributed by atoms with Gasteiger partial charge in [-0.05, 0) is 284 Å². The number of fused-ring (bicyclic) bond motifs is 2. The van der Waals surface area contributed by atoms with Gasteiger partial charge in [0.15, 0.2) is 0 Å². The van der Waals surface area contributed by atoms with Gasteiger partial charge in [0.05, 0.1) is 31.2 Å². The van der Waals surface area contributed by atoms with E-state index in [2.05, 4.69) is 348 Å². The van der Waals surface area contributed by atoms with E-state index in [1.165, 1.54) is 91.1 Å². The molecule has 0 amide bonds. The first-order valence-electron chi connectivity index (χ1n) is 46.0. The number of thiophene rings is 4. The lowest BCUT2D eigenvalue weighted by Crippen LogP contribution is -2.12. The van der Waals surface area contributed by atoms with Crippen LogP contribution in [0.3, 0.4) is 0 Å². The van der Waals surface area contributed by atoms with Gasteiger partial charge in [0, 0.05) is 99.3 Å². The summed E-state index contributed by atoms with van der Waals surface area (Å²) in [6, 6.07) is 62.0. The van der Waals surface area contributed by atoms with Gasteiger partial charge in [-0.3, -0.25) is 9.97 Å². The minimum atomic E-state index is 0. The fraction of sp³-hybridized carbons (Fsp3) is 0.456. The Labute approximate surface area is 793 Å². The van der Waals surface area contributed by atoms with Gasteiger partial charge in [0.1, 0.15) is 22.9 Å². The summed E-state index contributed by atoms with van der Waals surface area (Å²) in [4.78, 5) is 20.9. The molecule has 0 spiro atoms. The van der Waals surface area contributed by atoms with E-state index < -0.39 is 0 Å². The van der Waals surface area contributed by atoms with Gasteiger partial charge >= 0.3 is 0 Å². The molecule has 0 radical (unpaired) electrons. The maximum atomic E-state index is 5.63. The van der Waals surface area contributed by atoms with E-state index in [1.807, 2.05) is 132 Å². The quantitative estimate of drug-likeness (QED) is 0.0779. The average Bonchev–Trinajstić information content (AvgIpc) is 1.70. The highest BCUT2D eigenvalue weighted by Gasteiger charge is 2.18. The molecule has 1 fully saturated rings. The third-order valence-electron chi connectivity index (χ3n) is 19.3. The second-order valence-electron chi connectivity index (χ2n) is 36.4. The molecule has 0 saturated carbocycles. The fourth-order valence-corrected chi connectivity index (χ4v) is 15.0. The van der Waals surface area contributed by atoms with E-state index in [4.69, 9.17) is 22.4 Å². The number of hydrogen-bond acceptors (Lipinski definition) is 11. The second-order valence-corrected chi connectivity index (χ2v) is 39.9. The van der Waals surface area contributed by atoms with Crippen LogP contribution in [0, 0.1) is 29.6 Å². The Hall–Kier alpha value is -9.02. The van der Waals surface area contributed by atoms with Crippen molar-refractivity contribution in [3.05, 3.63) is 342 Å². The maximum Gasteiger partial charge on any atom is 0.134 e. The van der Waals surface area contributed by atoms with Gasteiger partial charge in [-0.15, -0.1) is 22.7 Å². The lowest BCUT2D eigenvalue weighted by molar-refractivity contribution is 0.0758. The SMILES string of the molecule is C.C.CC(C)C1CCCO1.CC(C)Cc1ccc[nH]1.CC(C)Cc1ccco1.CC(C)Cc1cccs1.CC(C)Cc1ccsc1.CC(C)c1cc2ccccc2[nH]1.CC(C)c1cc2ccccc2o1.CC(C)c1ccc[nH]1.CC(C)c1ccccn1.CC(C)c1cccnc1.CC(C)c1ccco1.CC(C)c1cccs1.CC(C)c1ccoc1.CC(C)c1ccsc1. The van der Waals surface area contributed by atoms with Crippen LogP contribution in [0.1, 0.15) is 347 Å². The summed E-state index contributed by atoms with van der Waals surface area (Å²) in [5.41, 5.74) is 12.9. The van der Waals surface area contributed by atoms with E-state index in [0.717, 1.165) is 71.7 Å². The van der Waals surface area contributed by atoms with Crippen LogP contribution < -0.4 is 0 Å². The molecule has 2 aromatic carbocycles. The molecular formula is C114H169N5O5S4. The number of pyridine rings is 2. The molecule has 0 bridgehead atoms. The van der Waals surface area contributed by atoms with Gasteiger partial charge in [-0.2, -0.15) is 22.7 Å². The molecule has 0 aliphatic carbocycles. The van der Waals surface area contributed by atoms with Crippen LogP contribution >= 0.6 is 45.3 Å². The van der Waals surface area contributed by atoms with E-state index in [0.29, 0.717) is 65.3 Å². The van der Waals surface area contributed by atoms with Crippen molar-refractivity contribution in [3.8, 4) is 0 Å². The third-order valence-corrected chi connectivity index (χ3v) is 22.8. The first-order valence-corrected chi connectivity index (χ1v) is 49.7. The van der Waals surface area contributed by atoms with Crippen LogP contribution in [0.5, 0.6) is 0 Å². The van der Waals surface area contributed by atoms with Gasteiger partial charge in [-0.1, -0.05) is 269 Å². The molecule has 14 heterocycles. The summed E-state index contributed by atoms with van der Waals surface area (Å²) in [5.74, 6) is 12.3. The number of benzene rings is 2. The van der Waals surface area contributed by atoms with Crippen LogP contribution in [0.15, 0.2) is 288 Å². The van der Waals surface area contributed by atoms with E-state index in [1.54, 1.807) is 53.9 Å². The largest absolute Gasteiger partial charge is 0.472 e. The molecule has 13 aromatic heterocycles. The normalized spacial score (nSPS) is 11.6. The molecule has 10 nitrogen and oxygen atoms in total. The third kappa shape index (κ3) is 53.8. The van der Waals surface area contributed by atoms with Crippen molar-refractivity contribution in [1.29, 1.82) is 0 Å². The van der Waals surface area contributed by atoms with Crippen molar-refractivity contribution in [3.63, 3.8) is 0 Å². The molecule has 16 rings (SSSR count). The zero-order valence-electron chi connectivity index (χ0n) is 82.2. The summed E-state index contributed by atoms with van der Waals surface area (Å²) >= 11 is 7.23. The Morgan fingerprint density at radius 1 is 0.414 bits per heavy atom. The van der Waals surface area contributed by atoms with Gasteiger partial charge in [0.2, 0.25) is 0 Å².